The van der Waals surface area contributed by atoms with Gasteiger partial charge in [-0.25, -0.2) is 5.06 Å². The third kappa shape index (κ3) is 3.93. The summed E-state index contributed by atoms with van der Waals surface area (Å²) in [6, 6.07) is 0. The van der Waals surface area contributed by atoms with Crippen LogP contribution in [0, 0.1) is 0 Å². The summed E-state index contributed by atoms with van der Waals surface area (Å²) in [5.41, 5.74) is 0. The van der Waals surface area contributed by atoms with E-state index in [2.05, 4.69) is 13.2 Å². The molecule has 0 aromatic rings. The lowest BCUT2D eigenvalue weighted by Gasteiger charge is -2.18. The minimum absolute atomic E-state index is 0.0747. The molecule has 0 fully saturated rings. The molecule has 0 aliphatic rings. The van der Waals surface area contributed by atoms with E-state index in [1.54, 1.807) is 12.2 Å². The monoisotopic (exact) mass is 169 g/mol. The Kier molecular flexibility index (Phi) is 6.01. The van der Waals surface area contributed by atoms with Crippen molar-refractivity contribution in [3.05, 3.63) is 25.3 Å². The molecule has 0 unspecified atom stereocenters. The molecule has 0 aliphatic carbocycles. The van der Waals surface area contributed by atoms with Gasteiger partial charge in [0, 0.05) is 13.0 Å². The molecule has 0 rings (SSSR count). The molecule has 0 saturated heterocycles. The van der Waals surface area contributed by atoms with Crippen molar-refractivity contribution in [1.82, 2.24) is 5.06 Å². The molecular weight excluding hydrogens is 154 g/mol. The Labute approximate surface area is 73.3 Å². The van der Waals surface area contributed by atoms with Gasteiger partial charge in [0.05, 0.1) is 6.61 Å². The van der Waals surface area contributed by atoms with E-state index < -0.39 is 0 Å². The Hall–Kier alpha value is -1.09. The SMILES string of the molecule is C=CCON(CC)C(=O)CC=C. The smallest absolute Gasteiger partial charge is 0.249 e. The molecule has 0 atom stereocenters. The number of hydrogen-bond donors (Lipinski definition) is 0. The van der Waals surface area contributed by atoms with Crippen molar-refractivity contribution in [2.45, 2.75) is 13.3 Å². The normalized spacial score (nSPS) is 9.08. The molecule has 0 radical (unpaired) electrons. The first-order valence-corrected chi connectivity index (χ1v) is 3.91. The Bertz CT molecular complexity index is 166. The number of hydroxylamine groups is 2. The van der Waals surface area contributed by atoms with Gasteiger partial charge in [-0.1, -0.05) is 12.2 Å². The van der Waals surface area contributed by atoms with E-state index in [9.17, 15) is 4.79 Å². The highest BCUT2D eigenvalue weighted by Crippen LogP contribution is 1.95. The van der Waals surface area contributed by atoms with Crippen molar-refractivity contribution in [3.63, 3.8) is 0 Å². The van der Waals surface area contributed by atoms with E-state index in [-0.39, 0.29) is 5.91 Å². The van der Waals surface area contributed by atoms with Crippen LogP contribution >= 0.6 is 0 Å². The first-order chi connectivity index (χ1) is 5.76. The average molecular weight is 169 g/mol. The predicted octanol–water partition coefficient (Wildman–Crippen LogP) is 1.53. The van der Waals surface area contributed by atoms with Crippen molar-refractivity contribution >= 4 is 5.91 Å². The fourth-order valence-electron chi connectivity index (χ4n) is 0.708. The van der Waals surface area contributed by atoms with Crippen LogP contribution in [0.1, 0.15) is 13.3 Å². The van der Waals surface area contributed by atoms with Gasteiger partial charge in [-0.3, -0.25) is 9.63 Å². The molecule has 3 heteroatoms. The Balaban J connectivity index is 3.86. The second-order valence-corrected chi connectivity index (χ2v) is 2.17. The summed E-state index contributed by atoms with van der Waals surface area (Å²) in [6.07, 6.45) is 3.47. The number of hydrogen-bond acceptors (Lipinski definition) is 2. The van der Waals surface area contributed by atoms with Gasteiger partial charge in [0.2, 0.25) is 5.91 Å². The second-order valence-electron chi connectivity index (χ2n) is 2.17. The topological polar surface area (TPSA) is 29.5 Å². The minimum Gasteiger partial charge on any atom is -0.272 e. The van der Waals surface area contributed by atoms with E-state index >= 15 is 0 Å². The van der Waals surface area contributed by atoms with Crippen molar-refractivity contribution < 1.29 is 9.63 Å². The van der Waals surface area contributed by atoms with Gasteiger partial charge in [0.15, 0.2) is 0 Å². The zero-order valence-corrected chi connectivity index (χ0v) is 7.45. The highest BCUT2D eigenvalue weighted by atomic mass is 16.7. The molecule has 0 aliphatic heterocycles. The van der Waals surface area contributed by atoms with Crippen molar-refractivity contribution in [2.75, 3.05) is 13.2 Å². The van der Waals surface area contributed by atoms with Crippen molar-refractivity contribution in [2.24, 2.45) is 0 Å². The van der Waals surface area contributed by atoms with Gasteiger partial charge in [-0.2, -0.15) is 0 Å². The van der Waals surface area contributed by atoms with Gasteiger partial charge in [0.1, 0.15) is 0 Å². The van der Waals surface area contributed by atoms with Crippen molar-refractivity contribution in [3.8, 4) is 0 Å². The van der Waals surface area contributed by atoms with Gasteiger partial charge in [-0.15, -0.1) is 13.2 Å². The molecule has 0 heterocycles. The van der Waals surface area contributed by atoms with Crippen LogP contribution in [0.25, 0.3) is 0 Å². The molecule has 12 heavy (non-hydrogen) atoms. The number of rotatable bonds is 6. The molecule has 0 spiro atoms. The first kappa shape index (κ1) is 10.9. The van der Waals surface area contributed by atoms with Crippen LogP contribution < -0.4 is 0 Å². The summed E-state index contributed by atoms with van der Waals surface area (Å²) in [5.74, 6) is -0.0747. The highest BCUT2D eigenvalue weighted by Gasteiger charge is 2.08. The Morgan fingerprint density at radius 2 is 2.17 bits per heavy atom. The maximum absolute atomic E-state index is 11.2. The fraction of sp³-hybridized carbons (Fsp3) is 0.444. The highest BCUT2D eigenvalue weighted by molar-refractivity contribution is 5.76. The van der Waals surface area contributed by atoms with Crippen LogP contribution in [0.15, 0.2) is 25.3 Å². The molecule has 0 aromatic heterocycles. The molecule has 68 valence electrons. The van der Waals surface area contributed by atoms with Crippen LogP contribution in [0.4, 0.5) is 0 Å². The van der Waals surface area contributed by atoms with E-state index in [4.69, 9.17) is 4.84 Å². The molecule has 0 saturated carbocycles. The van der Waals surface area contributed by atoms with Gasteiger partial charge in [0.25, 0.3) is 0 Å². The third-order valence-corrected chi connectivity index (χ3v) is 1.23. The van der Waals surface area contributed by atoms with E-state index in [1.165, 1.54) is 5.06 Å². The lowest BCUT2D eigenvalue weighted by atomic mass is 10.4. The number of carbonyl (C=O) groups is 1. The molecule has 0 bridgehead atoms. The number of nitrogens with zero attached hydrogens (tertiary/aromatic N) is 1. The van der Waals surface area contributed by atoms with Crippen LogP contribution in [0.3, 0.4) is 0 Å². The first-order valence-electron chi connectivity index (χ1n) is 3.91. The average Bonchev–Trinajstić information content (AvgIpc) is 2.06. The lowest BCUT2D eigenvalue weighted by Crippen LogP contribution is -2.30. The Morgan fingerprint density at radius 1 is 1.50 bits per heavy atom. The van der Waals surface area contributed by atoms with Crippen LogP contribution in [-0.2, 0) is 9.63 Å². The summed E-state index contributed by atoms with van der Waals surface area (Å²) in [5, 5.41) is 1.31. The second kappa shape index (κ2) is 6.61. The molecule has 0 aromatic carbocycles. The van der Waals surface area contributed by atoms with Crippen molar-refractivity contribution in [1.29, 1.82) is 0 Å². The largest absolute Gasteiger partial charge is 0.272 e. The predicted molar refractivity (Wildman–Crippen MR) is 48.4 cm³/mol. The summed E-state index contributed by atoms with van der Waals surface area (Å²) >= 11 is 0. The molecule has 3 nitrogen and oxygen atoms in total. The lowest BCUT2D eigenvalue weighted by molar-refractivity contribution is -0.179. The fourth-order valence-corrected chi connectivity index (χ4v) is 0.708. The maximum Gasteiger partial charge on any atom is 0.249 e. The molecular formula is C9H15NO2. The molecule has 0 N–H and O–H groups in total. The minimum atomic E-state index is -0.0747. The Morgan fingerprint density at radius 3 is 2.58 bits per heavy atom. The zero-order valence-electron chi connectivity index (χ0n) is 7.45. The third-order valence-electron chi connectivity index (χ3n) is 1.23. The van der Waals surface area contributed by atoms with Gasteiger partial charge >= 0.3 is 0 Å². The number of amides is 1. The standard InChI is InChI=1S/C9H15NO2/c1-4-7-9(11)10(6-3)12-8-5-2/h4-5H,1-2,6-8H2,3H3. The van der Waals surface area contributed by atoms with Crippen LogP contribution in [-0.4, -0.2) is 24.1 Å². The van der Waals surface area contributed by atoms with E-state index in [1.807, 2.05) is 6.92 Å². The summed E-state index contributed by atoms with van der Waals surface area (Å²) in [4.78, 5) is 16.2. The van der Waals surface area contributed by atoms with E-state index in [0.717, 1.165) is 0 Å². The zero-order chi connectivity index (χ0) is 9.40. The maximum atomic E-state index is 11.2. The number of carbonyl (C=O) groups excluding carboxylic acids is 1. The van der Waals surface area contributed by atoms with Gasteiger partial charge < -0.3 is 0 Å². The van der Waals surface area contributed by atoms with Crippen LogP contribution in [0.5, 0.6) is 0 Å². The summed E-state index contributed by atoms with van der Waals surface area (Å²) < 4.78 is 0. The van der Waals surface area contributed by atoms with E-state index in [0.29, 0.717) is 19.6 Å². The molecule has 1 amide bonds. The summed E-state index contributed by atoms with van der Waals surface area (Å²) in [7, 11) is 0. The van der Waals surface area contributed by atoms with Crippen LogP contribution in [0.2, 0.25) is 0 Å². The van der Waals surface area contributed by atoms with Gasteiger partial charge in [-0.05, 0) is 6.92 Å². The summed E-state index contributed by atoms with van der Waals surface area (Å²) in [6.45, 7) is 9.71. The quantitative estimate of drug-likeness (QED) is 0.445.